The number of aliphatic hydroxyl groups excluding tert-OH is 1. The summed E-state index contributed by atoms with van der Waals surface area (Å²) in [5, 5.41) is 45.7. The lowest BCUT2D eigenvalue weighted by Crippen LogP contribution is -2.84. The summed E-state index contributed by atoms with van der Waals surface area (Å²) in [6.45, 7) is 3.82. The van der Waals surface area contributed by atoms with E-state index in [4.69, 9.17) is 8.92 Å². The van der Waals surface area contributed by atoms with E-state index in [9.17, 15) is 43.2 Å². The molecule has 4 N–H and O–H groups in total. The minimum Gasteiger partial charge on any atom is -0.382 e. The molecule has 1 aliphatic heterocycles. The van der Waals surface area contributed by atoms with Gasteiger partial charge in [0, 0.05) is 0 Å². The van der Waals surface area contributed by atoms with E-state index >= 15 is 0 Å². The van der Waals surface area contributed by atoms with E-state index in [0.717, 1.165) is 19.1 Å². The van der Waals surface area contributed by atoms with Gasteiger partial charge in [-0.05, 0) is 52.0 Å². The smallest absolute Gasteiger partial charge is 0.308 e. The lowest BCUT2D eigenvalue weighted by atomic mass is 9.66. The van der Waals surface area contributed by atoms with E-state index in [1.807, 2.05) is 0 Å². The average molecular weight is 518 g/mol. The van der Waals surface area contributed by atoms with E-state index in [-0.39, 0.29) is 0 Å². The third-order valence-electron chi connectivity index (χ3n) is 5.53. The molecule has 1 fully saturated rings. The minimum atomic E-state index is -4.93. The number of carbonyl (C=O) groups is 3. The number of isothiocyanates is 1. The number of rotatable bonds is 8. The van der Waals surface area contributed by atoms with Crippen LogP contribution in [-0.4, -0.2) is 86.8 Å². The van der Waals surface area contributed by atoms with Crippen LogP contribution >= 0.6 is 12.2 Å². The number of hydrogen-bond acceptors (Lipinski definition) is 13. The molecule has 1 heterocycles. The Morgan fingerprint density at radius 1 is 1.09 bits per heavy atom. The fourth-order valence-corrected chi connectivity index (χ4v) is 4.85. The molecule has 1 unspecified atom stereocenters. The number of benzene rings is 1. The molecular weight excluding hydrogens is 494 g/mol. The largest absolute Gasteiger partial charge is 0.382 e. The van der Waals surface area contributed by atoms with E-state index in [2.05, 4.69) is 17.2 Å². The average Bonchev–Trinajstić information content (AvgIpc) is 2.73. The number of hydrogen-bond donors (Lipinski definition) is 4. The van der Waals surface area contributed by atoms with Crippen LogP contribution in [0.4, 0.5) is 0 Å². The maximum atomic E-state index is 12.9. The summed E-state index contributed by atoms with van der Waals surface area (Å²) in [6, 6.07) is 5.03. The topological polar surface area (TPSA) is 197 Å². The Balaban J connectivity index is 2.86. The number of aliphatic imine (C=N–C) groups is 1. The number of aliphatic hydroxyl groups is 4. The molecule has 1 aliphatic rings. The second kappa shape index (κ2) is 9.41. The van der Waals surface area contributed by atoms with Crippen LogP contribution in [0.3, 0.4) is 0 Å². The second-order valence-corrected chi connectivity index (χ2v) is 9.60. The molecule has 0 radical (unpaired) electrons. The van der Waals surface area contributed by atoms with Crippen LogP contribution < -0.4 is 0 Å². The monoisotopic (exact) mass is 517 g/mol. The molecule has 14 heteroatoms. The number of thiocarbonyl (C=S) groups is 1. The number of ketones is 3. The molecule has 0 aromatic heterocycles. The van der Waals surface area contributed by atoms with Gasteiger partial charge in [0.1, 0.15) is 12.2 Å². The fourth-order valence-electron chi connectivity index (χ4n) is 3.62. The summed E-state index contributed by atoms with van der Waals surface area (Å²) in [6.07, 6.45) is -7.74. The molecule has 6 atom stereocenters. The molecule has 12 nitrogen and oxygen atoms in total. The Morgan fingerprint density at radius 3 is 2.00 bits per heavy atom. The summed E-state index contributed by atoms with van der Waals surface area (Å²) in [7, 11) is -4.93. The first-order valence-corrected chi connectivity index (χ1v) is 11.4. The van der Waals surface area contributed by atoms with Crippen LogP contribution in [0.15, 0.2) is 34.2 Å². The number of aryl methyl sites for hydroxylation is 1. The van der Waals surface area contributed by atoms with Gasteiger partial charge in [-0.25, -0.2) is 0 Å². The zero-order chi connectivity index (χ0) is 26.3. The first kappa shape index (κ1) is 28.0. The van der Waals surface area contributed by atoms with Gasteiger partial charge in [-0.2, -0.15) is 13.4 Å². The predicted octanol–water partition coefficient (Wildman–Crippen LogP) is -1.19. The number of Topliss-reactive ketones (excluding diaryl/α,β-unsaturated/α-hetero) is 3. The number of nitrogens with zero attached hydrogens (tertiary/aromatic N) is 1. The molecule has 0 spiro atoms. The van der Waals surface area contributed by atoms with Gasteiger partial charge in [0.25, 0.3) is 10.1 Å². The van der Waals surface area contributed by atoms with E-state index in [0.29, 0.717) is 19.4 Å². The highest BCUT2D eigenvalue weighted by Crippen LogP contribution is 2.47. The zero-order valence-corrected chi connectivity index (χ0v) is 20.1. The Labute approximate surface area is 200 Å². The summed E-state index contributed by atoms with van der Waals surface area (Å²) in [5.41, 5.74) is -6.44. The maximum Gasteiger partial charge on any atom is 0.308 e. The van der Waals surface area contributed by atoms with Gasteiger partial charge in [-0.15, -0.1) is 0 Å². The standard InChI is InChI=1S/C20H23NO11S2/c1-10-5-7-14(8-6-10)34(29,30)32-17-19(27,13(4)24)18(26,12(3)23)16(15(25)11(2)22)31-20(17,28)21-9-33/h5-8,15-17,25-28H,1-4H3/t15?,16-,17-,18-,19-,20+/m1/s1. The van der Waals surface area contributed by atoms with Gasteiger partial charge < -0.3 is 25.2 Å². The predicted molar refractivity (Wildman–Crippen MR) is 116 cm³/mol. The molecule has 1 aromatic rings. The summed E-state index contributed by atoms with van der Waals surface area (Å²) >= 11 is 4.43. The summed E-state index contributed by atoms with van der Waals surface area (Å²) in [4.78, 5) is 39.8. The van der Waals surface area contributed by atoms with Gasteiger partial charge >= 0.3 is 5.91 Å². The Bertz CT molecular complexity index is 1160. The van der Waals surface area contributed by atoms with Crippen molar-refractivity contribution < 1.29 is 52.1 Å². The van der Waals surface area contributed by atoms with Crippen molar-refractivity contribution in [2.75, 3.05) is 0 Å². The van der Waals surface area contributed by atoms with Crippen LogP contribution in [0.1, 0.15) is 26.3 Å². The van der Waals surface area contributed by atoms with Crippen molar-refractivity contribution in [3.63, 3.8) is 0 Å². The molecule has 0 saturated carbocycles. The van der Waals surface area contributed by atoms with Crippen LogP contribution in [0.25, 0.3) is 0 Å². The lowest BCUT2D eigenvalue weighted by molar-refractivity contribution is -0.379. The van der Waals surface area contributed by atoms with Crippen molar-refractivity contribution in [2.45, 2.75) is 68.0 Å². The highest BCUT2D eigenvalue weighted by Gasteiger charge is 2.77. The number of carbonyl (C=O) groups excluding carboxylic acids is 3. The first-order valence-electron chi connectivity index (χ1n) is 9.63. The van der Waals surface area contributed by atoms with Crippen LogP contribution in [0, 0.1) is 6.92 Å². The molecule has 0 aliphatic carbocycles. The quantitative estimate of drug-likeness (QED) is 0.183. The fraction of sp³-hybridized carbons (Fsp3) is 0.500. The third-order valence-corrected chi connectivity index (χ3v) is 6.92. The Kier molecular flexibility index (Phi) is 7.75. The molecular formula is C20H23NO11S2. The Hall–Kier alpha value is -2.26. The molecule has 1 saturated heterocycles. The molecule has 0 amide bonds. The van der Waals surface area contributed by atoms with E-state index in [1.54, 1.807) is 12.1 Å². The van der Waals surface area contributed by atoms with Crippen LogP contribution in [0.2, 0.25) is 0 Å². The van der Waals surface area contributed by atoms with Crippen LogP contribution in [-0.2, 0) is 33.4 Å². The van der Waals surface area contributed by atoms with Gasteiger partial charge in [0.15, 0.2) is 34.7 Å². The van der Waals surface area contributed by atoms with Gasteiger partial charge in [0.2, 0.25) is 0 Å². The SMILES string of the molecule is CC(=O)C(O)[C@H]1O[C@](O)(N=C=S)[C@H](OS(=O)(=O)c2ccc(C)cc2)[C@](O)(C(C)=O)[C@@]1(O)C(C)=O. The molecule has 34 heavy (non-hydrogen) atoms. The Morgan fingerprint density at radius 2 is 1.59 bits per heavy atom. The van der Waals surface area contributed by atoms with Gasteiger partial charge in [0.05, 0.1) is 10.1 Å². The van der Waals surface area contributed by atoms with Gasteiger partial charge in [-0.3, -0.25) is 18.6 Å². The molecule has 186 valence electrons. The minimum absolute atomic E-state index is 0.491. The molecule has 1 aromatic carbocycles. The van der Waals surface area contributed by atoms with Crippen molar-refractivity contribution in [3.8, 4) is 0 Å². The highest BCUT2D eigenvalue weighted by atomic mass is 32.2. The third kappa shape index (κ3) is 4.40. The van der Waals surface area contributed by atoms with E-state index in [1.165, 1.54) is 12.1 Å². The van der Waals surface area contributed by atoms with Gasteiger partial charge in [-0.1, -0.05) is 17.7 Å². The molecule has 0 bridgehead atoms. The van der Waals surface area contributed by atoms with Crippen molar-refractivity contribution in [1.82, 2.24) is 0 Å². The van der Waals surface area contributed by atoms with Crippen molar-refractivity contribution in [2.24, 2.45) is 4.99 Å². The highest BCUT2D eigenvalue weighted by molar-refractivity contribution is 7.86. The van der Waals surface area contributed by atoms with Crippen molar-refractivity contribution in [3.05, 3.63) is 29.8 Å². The normalized spacial score (nSPS) is 32.4. The second-order valence-electron chi connectivity index (χ2n) is 7.84. The maximum absolute atomic E-state index is 12.9. The summed E-state index contributed by atoms with van der Waals surface area (Å²) < 4.78 is 35.9. The number of ether oxygens (including phenoxy) is 1. The molecule has 2 rings (SSSR count). The van der Waals surface area contributed by atoms with E-state index < -0.39 is 67.8 Å². The van der Waals surface area contributed by atoms with Crippen LogP contribution in [0.5, 0.6) is 0 Å². The lowest BCUT2D eigenvalue weighted by Gasteiger charge is -2.55. The first-order chi connectivity index (χ1) is 15.5. The van der Waals surface area contributed by atoms with Crippen molar-refractivity contribution >= 4 is 44.8 Å². The van der Waals surface area contributed by atoms with Crippen molar-refractivity contribution in [1.29, 1.82) is 0 Å². The summed E-state index contributed by atoms with van der Waals surface area (Å²) in [5.74, 6) is -7.43. The zero-order valence-electron chi connectivity index (χ0n) is 18.5.